The van der Waals surface area contributed by atoms with Crippen molar-refractivity contribution in [2.75, 3.05) is 0 Å². The maximum atomic E-state index is 11.1. The van der Waals surface area contributed by atoms with Crippen molar-refractivity contribution in [3.8, 4) is 0 Å². The first kappa shape index (κ1) is 10.0. The summed E-state index contributed by atoms with van der Waals surface area (Å²) in [5, 5.41) is 10.2. The second-order valence-corrected chi connectivity index (χ2v) is 3.28. The second kappa shape index (κ2) is 3.76. The van der Waals surface area contributed by atoms with Gasteiger partial charge < -0.3 is 10.1 Å². The van der Waals surface area contributed by atoms with Gasteiger partial charge in [0, 0.05) is 6.07 Å². The number of H-pyrrole nitrogens is 1. The molecule has 0 aliphatic rings. The fraction of sp³-hybridized carbons (Fsp3) is 0.167. The largest absolute Gasteiger partial charge is 0.358 e. The zero-order chi connectivity index (χ0) is 10.0. The average Bonchev–Trinajstić information content (AvgIpc) is 2.50. The number of aromatic amines is 1. The van der Waals surface area contributed by atoms with Crippen molar-refractivity contribution >= 4 is 34.8 Å². The van der Waals surface area contributed by atoms with Crippen molar-refractivity contribution in [3.05, 3.63) is 27.9 Å². The number of hydrogen-bond donors (Lipinski definition) is 1. The van der Waals surface area contributed by atoms with E-state index in [1.807, 2.05) is 0 Å². The Morgan fingerprint density at radius 3 is 2.54 bits per heavy atom. The van der Waals surface area contributed by atoms with Crippen LogP contribution in [0.2, 0.25) is 0 Å². The number of carbonyl (C=O) groups excluding carboxylic acids is 1. The van der Waals surface area contributed by atoms with Crippen molar-refractivity contribution in [2.24, 2.45) is 0 Å². The smallest absolute Gasteiger partial charge is 0.321 e. The Balaban J connectivity index is 2.92. The van der Waals surface area contributed by atoms with Crippen molar-refractivity contribution in [2.45, 2.75) is 4.84 Å². The Bertz CT molecular complexity index is 347. The number of nitro groups is 1. The van der Waals surface area contributed by atoms with Crippen LogP contribution in [0.4, 0.5) is 5.82 Å². The first-order valence-electron chi connectivity index (χ1n) is 3.18. The third-order valence-electron chi connectivity index (χ3n) is 1.33. The molecule has 1 aromatic rings. The van der Waals surface area contributed by atoms with Crippen LogP contribution < -0.4 is 0 Å². The highest BCUT2D eigenvalue weighted by Gasteiger charge is 2.20. The Morgan fingerprint density at radius 2 is 2.15 bits per heavy atom. The van der Waals surface area contributed by atoms with E-state index < -0.39 is 15.5 Å². The average molecular weight is 223 g/mol. The quantitative estimate of drug-likeness (QED) is 0.368. The Hall–Kier alpha value is -1.07. The molecule has 0 radical (unpaired) electrons. The molecule has 0 aliphatic heterocycles. The SMILES string of the molecule is O=C(c1ccc([N+](=O)[O-])[nH]1)C(Cl)Cl. The molecular weight excluding hydrogens is 219 g/mol. The van der Waals surface area contributed by atoms with Crippen LogP contribution in [0.3, 0.4) is 0 Å². The van der Waals surface area contributed by atoms with Crippen LogP contribution in [0.25, 0.3) is 0 Å². The van der Waals surface area contributed by atoms with Gasteiger partial charge >= 0.3 is 5.82 Å². The Morgan fingerprint density at radius 1 is 1.54 bits per heavy atom. The molecule has 0 amide bonds. The molecular formula is C6H4Cl2N2O3. The number of halogens is 2. The maximum absolute atomic E-state index is 11.1. The second-order valence-electron chi connectivity index (χ2n) is 2.18. The molecule has 0 bridgehead atoms. The number of hydrogen-bond acceptors (Lipinski definition) is 3. The molecule has 1 aromatic heterocycles. The molecule has 5 nitrogen and oxygen atoms in total. The fourth-order valence-electron chi connectivity index (χ4n) is 0.751. The minimum atomic E-state index is -1.21. The van der Waals surface area contributed by atoms with Gasteiger partial charge in [0.2, 0.25) is 5.78 Å². The lowest BCUT2D eigenvalue weighted by atomic mass is 10.3. The number of ketones is 1. The molecule has 0 aromatic carbocycles. The summed E-state index contributed by atoms with van der Waals surface area (Å²) in [7, 11) is 0. The van der Waals surface area contributed by atoms with Gasteiger partial charge in [-0.2, -0.15) is 0 Å². The molecule has 0 saturated heterocycles. The highest BCUT2D eigenvalue weighted by Crippen LogP contribution is 2.15. The van der Waals surface area contributed by atoms with Crippen molar-refractivity contribution < 1.29 is 9.72 Å². The lowest BCUT2D eigenvalue weighted by molar-refractivity contribution is -0.389. The molecule has 0 atom stereocenters. The molecule has 70 valence electrons. The minimum Gasteiger partial charge on any atom is -0.358 e. The van der Waals surface area contributed by atoms with E-state index in [1.54, 1.807) is 0 Å². The molecule has 0 spiro atoms. The maximum Gasteiger partial charge on any atom is 0.321 e. The Labute approximate surface area is 82.8 Å². The van der Waals surface area contributed by atoms with E-state index in [4.69, 9.17) is 23.2 Å². The summed E-state index contributed by atoms with van der Waals surface area (Å²) in [5.74, 6) is -0.853. The van der Waals surface area contributed by atoms with Gasteiger partial charge in [0.1, 0.15) is 0 Å². The summed E-state index contributed by atoms with van der Waals surface area (Å²) in [4.78, 5) is 21.7. The third-order valence-corrected chi connectivity index (χ3v) is 1.73. The van der Waals surface area contributed by atoms with E-state index in [0.29, 0.717) is 0 Å². The molecule has 7 heteroatoms. The van der Waals surface area contributed by atoms with E-state index in [1.165, 1.54) is 12.1 Å². The third kappa shape index (κ3) is 2.19. The van der Waals surface area contributed by atoms with Crippen LogP contribution in [0.1, 0.15) is 10.5 Å². The molecule has 0 saturated carbocycles. The highest BCUT2D eigenvalue weighted by molar-refractivity contribution is 6.55. The normalized spacial score (nSPS) is 10.4. The van der Waals surface area contributed by atoms with Gasteiger partial charge in [0.05, 0.1) is 0 Å². The number of nitrogens with zero attached hydrogens (tertiary/aromatic N) is 1. The van der Waals surface area contributed by atoms with Gasteiger partial charge in [-0.3, -0.25) is 4.79 Å². The van der Waals surface area contributed by atoms with Gasteiger partial charge in [-0.1, -0.05) is 23.2 Å². The predicted octanol–water partition coefficient (Wildman–Crippen LogP) is 1.91. The van der Waals surface area contributed by atoms with Crippen LogP contribution in [0.5, 0.6) is 0 Å². The van der Waals surface area contributed by atoms with Crippen LogP contribution >= 0.6 is 23.2 Å². The number of alkyl halides is 2. The first-order chi connectivity index (χ1) is 6.02. The topological polar surface area (TPSA) is 76.0 Å². The molecule has 0 unspecified atom stereocenters. The van der Waals surface area contributed by atoms with Gasteiger partial charge in [-0.25, -0.2) is 4.98 Å². The summed E-state index contributed by atoms with van der Waals surface area (Å²) in [6.45, 7) is 0. The summed E-state index contributed by atoms with van der Waals surface area (Å²) in [5.41, 5.74) is 0.0294. The van der Waals surface area contributed by atoms with Gasteiger partial charge in [-0.15, -0.1) is 0 Å². The lowest BCUT2D eigenvalue weighted by Gasteiger charge is -1.93. The summed E-state index contributed by atoms with van der Waals surface area (Å²) in [6.07, 6.45) is 0. The van der Waals surface area contributed by atoms with Crippen molar-refractivity contribution in [1.82, 2.24) is 4.98 Å². The number of nitrogens with one attached hydrogen (secondary N) is 1. The molecule has 0 aliphatic carbocycles. The number of rotatable bonds is 3. The van der Waals surface area contributed by atoms with E-state index in [2.05, 4.69) is 4.98 Å². The standard InChI is InChI=1S/C6H4Cl2N2O3/c7-6(8)5(11)3-1-2-4(9-3)10(12)13/h1-2,6,9H. The minimum absolute atomic E-state index is 0.0294. The summed E-state index contributed by atoms with van der Waals surface area (Å²) < 4.78 is 0. The summed E-state index contributed by atoms with van der Waals surface area (Å²) >= 11 is 10.6. The van der Waals surface area contributed by atoms with Crippen LogP contribution in [-0.4, -0.2) is 20.5 Å². The Kier molecular flexibility index (Phi) is 2.90. The highest BCUT2D eigenvalue weighted by atomic mass is 35.5. The monoisotopic (exact) mass is 222 g/mol. The van der Waals surface area contributed by atoms with Gasteiger partial charge in [0.25, 0.3) is 0 Å². The van der Waals surface area contributed by atoms with Crippen LogP contribution in [-0.2, 0) is 0 Å². The van der Waals surface area contributed by atoms with Gasteiger partial charge in [-0.05, 0) is 11.0 Å². The molecule has 1 rings (SSSR count). The van der Waals surface area contributed by atoms with E-state index in [9.17, 15) is 14.9 Å². The number of carbonyl (C=O) groups is 1. The van der Waals surface area contributed by atoms with Crippen LogP contribution in [0.15, 0.2) is 12.1 Å². The van der Waals surface area contributed by atoms with Gasteiger partial charge in [0.15, 0.2) is 10.5 Å². The van der Waals surface area contributed by atoms with Crippen LogP contribution in [0, 0.1) is 10.1 Å². The first-order valence-corrected chi connectivity index (χ1v) is 4.05. The molecule has 13 heavy (non-hydrogen) atoms. The van der Waals surface area contributed by atoms with E-state index >= 15 is 0 Å². The fourth-order valence-corrected chi connectivity index (χ4v) is 0.986. The molecule has 0 fully saturated rings. The zero-order valence-corrected chi connectivity index (χ0v) is 7.67. The van der Waals surface area contributed by atoms with Crippen molar-refractivity contribution in [1.29, 1.82) is 0 Å². The van der Waals surface area contributed by atoms with E-state index in [0.717, 1.165) is 0 Å². The summed E-state index contributed by atoms with van der Waals surface area (Å²) in [6, 6.07) is 2.43. The zero-order valence-electron chi connectivity index (χ0n) is 6.16. The predicted molar refractivity (Wildman–Crippen MR) is 47.3 cm³/mol. The molecule has 1 N–H and O–H groups in total. The number of aromatic nitrogens is 1. The number of Topliss-reactive ketones (excluding diaryl/α,β-unsaturated/α-hetero) is 1. The lowest BCUT2D eigenvalue weighted by Crippen LogP contribution is -2.08. The van der Waals surface area contributed by atoms with E-state index in [-0.39, 0.29) is 11.5 Å². The molecule has 1 heterocycles. The van der Waals surface area contributed by atoms with Crippen molar-refractivity contribution in [3.63, 3.8) is 0 Å².